The molecule has 1 atom stereocenters. The fourth-order valence-electron chi connectivity index (χ4n) is 2.03. The molecule has 1 aromatic heterocycles. The van der Waals surface area contributed by atoms with E-state index in [1.165, 1.54) is 0 Å². The van der Waals surface area contributed by atoms with E-state index in [9.17, 15) is 14.7 Å². The smallest absolute Gasteiger partial charge is 0.328 e. The number of amides is 1. The van der Waals surface area contributed by atoms with Gasteiger partial charge in [0.1, 0.15) is 6.04 Å². The Labute approximate surface area is 133 Å². The van der Waals surface area contributed by atoms with Gasteiger partial charge in [-0.25, -0.2) is 14.8 Å². The maximum atomic E-state index is 12.0. The molecule has 0 saturated carbocycles. The lowest BCUT2D eigenvalue weighted by atomic mass is 10.2. The van der Waals surface area contributed by atoms with Gasteiger partial charge in [-0.15, -0.1) is 0 Å². The number of carbonyl (C=O) groups is 2. The third-order valence-corrected chi connectivity index (χ3v) is 3.09. The van der Waals surface area contributed by atoms with Gasteiger partial charge in [0.2, 0.25) is 5.95 Å². The van der Waals surface area contributed by atoms with Crippen LogP contribution in [0.15, 0.2) is 36.4 Å². The second-order valence-corrected chi connectivity index (χ2v) is 5.09. The van der Waals surface area contributed by atoms with E-state index in [-0.39, 0.29) is 6.54 Å². The summed E-state index contributed by atoms with van der Waals surface area (Å²) in [4.78, 5) is 31.7. The molecule has 7 heteroatoms. The van der Waals surface area contributed by atoms with Gasteiger partial charge in [-0.1, -0.05) is 18.2 Å². The lowest BCUT2D eigenvalue weighted by molar-refractivity contribution is -0.138. The molecule has 0 saturated heterocycles. The van der Waals surface area contributed by atoms with Crippen LogP contribution in [-0.2, 0) is 4.79 Å². The topological polar surface area (TPSA) is 104 Å². The lowest BCUT2D eigenvalue weighted by Crippen LogP contribution is -2.45. The van der Waals surface area contributed by atoms with Crippen LogP contribution in [0.2, 0.25) is 0 Å². The zero-order valence-electron chi connectivity index (χ0n) is 12.9. The third kappa shape index (κ3) is 4.77. The minimum atomic E-state index is -1.13. The van der Waals surface area contributed by atoms with Crippen molar-refractivity contribution < 1.29 is 14.7 Å². The Bertz CT molecular complexity index is 683. The second kappa shape index (κ2) is 7.35. The van der Waals surface area contributed by atoms with Crippen molar-refractivity contribution in [1.82, 2.24) is 15.3 Å². The van der Waals surface area contributed by atoms with Gasteiger partial charge in [0.25, 0.3) is 5.91 Å². The fraction of sp³-hybridized carbons (Fsp3) is 0.250. The van der Waals surface area contributed by atoms with Crippen LogP contribution in [0.5, 0.6) is 0 Å². The van der Waals surface area contributed by atoms with E-state index in [1.54, 1.807) is 30.3 Å². The molecular formula is C16H18N4O3. The van der Waals surface area contributed by atoms with Crippen LogP contribution >= 0.6 is 0 Å². The van der Waals surface area contributed by atoms with Crippen LogP contribution in [-0.4, -0.2) is 39.5 Å². The predicted octanol–water partition coefficient (Wildman–Crippen LogP) is 1.39. The van der Waals surface area contributed by atoms with Gasteiger partial charge in [-0.3, -0.25) is 4.79 Å². The number of aryl methyl sites for hydroxylation is 2. The Morgan fingerprint density at radius 2 is 1.74 bits per heavy atom. The van der Waals surface area contributed by atoms with E-state index in [1.807, 2.05) is 19.9 Å². The summed E-state index contributed by atoms with van der Waals surface area (Å²) in [7, 11) is 0. The van der Waals surface area contributed by atoms with Crippen LogP contribution in [0.1, 0.15) is 21.7 Å². The number of hydrogen-bond donors (Lipinski definition) is 3. The Hall–Kier alpha value is -2.96. The number of benzene rings is 1. The molecule has 1 unspecified atom stereocenters. The third-order valence-electron chi connectivity index (χ3n) is 3.09. The highest BCUT2D eigenvalue weighted by Crippen LogP contribution is 2.04. The van der Waals surface area contributed by atoms with Crippen LogP contribution in [0, 0.1) is 13.8 Å². The summed E-state index contributed by atoms with van der Waals surface area (Å²) in [5.74, 6) is -1.24. The zero-order valence-corrected chi connectivity index (χ0v) is 12.9. The summed E-state index contributed by atoms with van der Waals surface area (Å²) in [5.41, 5.74) is 1.96. The molecule has 2 aromatic rings. The quantitative estimate of drug-likeness (QED) is 0.744. The highest BCUT2D eigenvalue weighted by Gasteiger charge is 2.20. The number of hydrogen-bond acceptors (Lipinski definition) is 5. The molecule has 7 nitrogen and oxygen atoms in total. The monoisotopic (exact) mass is 314 g/mol. The highest BCUT2D eigenvalue weighted by molar-refractivity contribution is 5.96. The van der Waals surface area contributed by atoms with Crippen molar-refractivity contribution in [1.29, 1.82) is 0 Å². The Balaban J connectivity index is 2.01. The molecular weight excluding hydrogens is 296 g/mol. The van der Waals surface area contributed by atoms with Gasteiger partial charge in [-0.2, -0.15) is 0 Å². The summed E-state index contributed by atoms with van der Waals surface area (Å²) in [6, 6.07) is 9.18. The number of rotatable bonds is 6. The van der Waals surface area contributed by atoms with Gasteiger partial charge in [0, 0.05) is 23.5 Å². The highest BCUT2D eigenvalue weighted by atomic mass is 16.4. The van der Waals surface area contributed by atoms with E-state index < -0.39 is 17.9 Å². The minimum absolute atomic E-state index is 0.0171. The first-order valence-corrected chi connectivity index (χ1v) is 7.10. The normalized spacial score (nSPS) is 11.6. The van der Waals surface area contributed by atoms with E-state index in [0.29, 0.717) is 11.5 Å². The first kappa shape index (κ1) is 16.4. The molecule has 120 valence electrons. The molecule has 1 aromatic carbocycles. The Morgan fingerprint density at radius 1 is 1.13 bits per heavy atom. The zero-order chi connectivity index (χ0) is 16.8. The Kier molecular flexibility index (Phi) is 5.24. The van der Waals surface area contributed by atoms with Gasteiger partial charge < -0.3 is 15.7 Å². The number of anilines is 1. The van der Waals surface area contributed by atoms with Crippen LogP contribution in [0.3, 0.4) is 0 Å². The van der Waals surface area contributed by atoms with Crippen molar-refractivity contribution in [3.63, 3.8) is 0 Å². The van der Waals surface area contributed by atoms with Crippen molar-refractivity contribution in [3.05, 3.63) is 53.3 Å². The summed E-state index contributed by atoms with van der Waals surface area (Å²) in [6.45, 7) is 3.63. The second-order valence-electron chi connectivity index (χ2n) is 5.09. The largest absolute Gasteiger partial charge is 0.480 e. The van der Waals surface area contributed by atoms with Gasteiger partial charge in [0.05, 0.1) is 0 Å². The molecule has 0 bridgehead atoms. The molecule has 0 aliphatic carbocycles. The van der Waals surface area contributed by atoms with E-state index in [0.717, 1.165) is 11.4 Å². The molecule has 1 heterocycles. The molecule has 23 heavy (non-hydrogen) atoms. The number of carboxylic acid groups (broad SMARTS) is 1. The van der Waals surface area contributed by atoms with E-state index >= 15 is 0 Å². The summed E-state index contributed by atoms with van der Waals surface area (Å²) < 4.78 is 0. The minimum Gasteiger partial charge on any atom is -0.480 e. The fourth-order valence-corrected chi connectivity index (χ4v) is 2.03. The number of carboxylic acids is 1. The van der Waals surface area contributed by atoms with Crippen molar-refractivity contribution in [3.8, 4) is 0 Å². The molecule has 2 rings (SSSR count). The van der Waals surface area contributed by atoms with Crippen molar-refractivity contribution in [2.75, 3.05) is 11.9 Å². The Morgan fingerprint density at radius 3 is 2.30 bits per heavy atom. The van der Waals surface area contributed by atoms with Crippen LogP contribution < -0.4 is 10.6 Å². The van der Waals surface area contributed by atoms with Crippen molar-refractivity contribution >= 4 is 17.8 Å². The van der Waals surface area contributed by atoms with Crippen molar-refractivity contribution in [2.24, 2.45) is 0 Å². The first-order chi connectivity index (χ1) is 11.0. The number of aromatic nitrogens is 2. The van der Waals surface area contributed by atoms with Crippen LogP contribution in [0.4, 0.5) is 5.95 Å². The molecule has 0 spiro atoms. The predicted molar refractivity (Wildman–Crippen MR) is 85.3 cm³/mol. The standard InChI is InChI=1S/C16H18N4O3/c1-10-8-11(2)19-16(18-10)17-9-13(15(22)23)20-14(21)12-6-4-3-5-7-12/h3-8,13H,9H2,1-2H3,(H,20,21)(H,22,23)(H,17,18,19). The number of nitrogens with one attached hydrogen (secondary N) is 2. The number of carbonyl (C=O) groups excluding carboxylic acids is 1. The van der Waals surface area contributed by atoms with Gasteiger partial charge >= 0.3 is 5.97 Å². The molecule has 0 fully saturated rings. The first-order valence-electron chi connectivity index (χ1n) is 7.10. The summed E-state index contributed by atoms with van der Waals surface area (Å²) in [5, 5.41) is 14.6. The maximum Gasteiger partial charge on any atom is 0.328 e. The summed E-state index contributed by atoms with van der Waals surface area (Å²) >= 11 is 0. The maximum absolute atomic E-state index is 12.0. The SMILES string of the molecule is Cc1cc(C)nc(NCC(NC(=O)c2ccccc2)C(=O)O)n1. The van der Waals surface area contributed by atoms with E-state index in [2.05, 4.69) is 20.6 Å². The average molecular weight is 314 g/mol. The lowest BCUT2D eigenvalue weighted by Gasteiger charge is -2.15. The summed E-state index contributed by atoms with van der Waals surface area (Å²) in [6.07, 6.45) is 0. The van der Waals surface area contributed by atoms with Gasteiger partial charge in [-0.05, 0) is 32.0 Å². The van der Waals surface area contributed by atoms with Gasteiger partial charge in [0.15, 0.2) is 0 Å². The van der Waals surface area contributed by atoms with Crippen LogP contribution in [0.25, 0.3) is 0 Å². The molecule has 0 aliphatic heterocycles. The number of nitrogens with zero attached hydrogens (tertiary/aromatic N) is 2. The van der Waals surface area contributed by atoms with Crippen molar-refractivity contribution in [2.45, 2.75) is 19.9 Å². The molecule has 1 amide bonds. The van der Waals surface area contributed by atoms with E-state index in [4.69, 9.17) is 0 Å². The molecule has 0 aliphatic rings. The molecule has 3 N–H and O–H groups in total. The molecule has 0 radical (unpaired) electrons. The average Bonchev–Trinajstić information content (AvgIpc) is 2.50. The number of aliphatic carboxylic acids is 1.